The molecule has 1 aliphatic heterocycles. The molecular formula is C23H23NO9. The number of benzene rings is 2. The molecule has 10 nitrogen and oxygen atoms in total. The van der Waals surface area contributed by atoms with Gasteiger partial charge in [0, 0.05) is 24.2 Å². The van der Waals surface area contributed by atoms with Crippen LogP contribution in [0.15, 0.2) is 36.1 Å². The predicted octanol–water partition coefficient (Wildman–Crippen LogP) is 2.30. The molecule has 1 amide bonds. The minimum Gasteiger partial charge on any atom is -0.496 e. The number of hydrogen-bond acceptors (Lipinski definition) is 8. The van der Waals surface area contributed by atoms with Crippen LogP contribution >= 0.6 is 0 Å². The van der Waals surface area contributed by atoms with Crippen LogP contribution in [0.4, 0.5) is 0 Å². The van der Waals surface area contributed by atoms with E-state index in [2.05, 4.69) is 5.32 Å². The molecule has 0 unspecified atom stereocenters. The fraction of sp³-hybridized carbons (Fsp3) is 0.261. The topological polar surface area (TPSA) is 130 Å². The number of allylic oxidation sites excluding steroid dienone is 1. The van der Waals surface area contributed by atoms with E-state index in [1.165, 1.54) is 27.4 Å². The Morgan fingerprint density at radius 2 is 1.73 bits per heavy atom. The molecule has 0 bridgehead atoms. The SMILES string of the molecule is COc1cc(OC)c(OC)cc1/C=C1\Oc2cc(OCC(=O)NCCC(=O)O)ccc2C1=O. The van der Waals surface area contributed by atoms with Gasteiger partial charge in [0.15, 0.2) is 23.9 Å². The van der Waals surface area contributed by atoms with Crippen LogP contribution in [0.1, 0.15) is 22.3 Å². The van der Waals surface area contributed by atoms with Gasteiger partial charge in [-0.1, -0.05) is 0 Å². The number of carboxylic acids is 1. The van der Waals surface area contributed by atoms with Gasteiger partial charge < -0.3 is 34.1 Å². The van der Waals surface area contributed by atoms with E-state index in [9.17, 15) is 14.4 Å². The quantitative estimate of drug-likeness (QED) is 0.516. The van der Waals surface area contributed by atoms with E-state index in [1.807, 2.05) is 0 Å². The van der Waals surface area contributed by atoms with Crippen molar-refractivity contribution < 1.29 is 43.2 Å². The standard InChI is InChI=1S/C23H23NO9/c1-29-16-11-19(31-3)18(30-2)8-13(16)9-20-23(28)15-5-4-14(10-17(15)33-20)32-12-21(25)24-7-6-22(26)27/h4-5,8-11H,6-7,12H2,1-3H3,(H,24,25)(H,26,27)/b20-9-. The van der Waals surface area contributed by atoms with Crippen molar-refractivity contribution in [1.82, 2.24) is 5.32 Å². The molecule has 10 heteroatoms. The van der Waals surface area contributed by atoms with Crippen LogP contribution in [0, 0.1) is 0 Å². The highest BCUT2D eigenvalue weighted by Gasteiger charge is 2.28. The lowest BCUT2D eigenvalue weighted by molar-refractivity contribution is -0.137. The van der Waals surface area contributed by atoms with E-state index in [0.29, 0.717) is 34.1 Å². The number of hydrogen-bond donors (Lipinski definition) is 2. The van der Waals surface area contributed by atoms with Crippen LogP contribution in [0.2, 0.25) is 0 Å². The minimum atomic E-state index is -1.01. The first-order chi connectivity index (χ1) is 15.9. The molecule has 0 aromatic heterocycles. The fourth-order valence-corrected chi connectivity index (χ4v) is 3.07. The van der Waals surface area contributed by atoms with Crippen molar-refractivity contribution in [1.29, 1.82) is 0 Å². The number of rotatable bonds is 10. The summed E-state index contributed by atoms with van der Waals surface area (Å²) in [5.74, 6) is 0.303. The zero-order valence-electron chi connectivity index (χ0n) is 18.3. The van der Waals surface area contributed by atoms with Crippen LogP contribution in [0.5, 0.6) is 28.7 Å². The molecule has 174 valence electrons. The number of carbonyl (C=O) groups excluding carboxylic acids is 2. The fourth-order valence-electron chi connectivity index (χ4n) is 3.07. The number of aliphatic carboxylic acids is 1. The lowest BCUT2D eigenvalue weighted by Crippen LogP contribution is -2.30. The van der Waals surface area contributed by atoms with Crippen molar-refractivity contribution >= 4 is 23.7 Å². The van der Waals surface area contributed by atoms with Gasteiger partial charge in [0.05, 0.1) is 33.3 Å². The Balaban J connectivity index is 1.74. The summed E-state index contributed by atoms with van der Waals surface area (Å²) in [7, 11) is 4.51. The molecule has 33 heavy (non-hydrogen) atoms. The molecule has 0 fully saturated rings. The second kappa shape index (κ2) is 10.4. The maximum atomic E-state index is 12.8. The van der Waals surface area contributed by atoms with E-state index in [0.717, 1.165) is 0 Å². The number of methoxy groups -OCH3 is 3. The lowest BCUT2D eigenvalue weighted by atomic mass is 10.1. The van der Waals surface area contributed by atoms with E-state index in [4.69, 9.17) is 28.8 Å². The number of carboxylic acid groups (broad SMARTS) is 1. The normalized spacial score (nSPS) is 13.2. The molecule has 2 N–H and O–H groups in total. The number of fused-ring (bicyclic) bond motifs is 1. The molecule has 3 rings (SSSR count). The third-order valence-corrected chi connectivity index (χ3v) is 4.69. The molecular weight excluding hydrogens is 434 g/mol. The number of Topliss-reactive ketones (excluding diaryl/α,β-unsaturated/α-hetero) is 1. The van der Waals surface area contributed by atoms with Gasteiger partial charge in [0.25, 0.3) is 5.91 Å². The molecule has 2 aromatic carbocycles. The molecule has 1 aliphatic rings. The average Bonchev–Trinajstić information content (AvgIpc) is 3.11. The second-order valence-electron chi connectivity index (χ2n) is 6.83. The highest BCUT2D eigenvalue weighted by Crippen LogP contribution is 2.39. The zero-order valence-corrected chi connectivity index (χ0v) is 18.3. The Hall–Kier alpha value is -4.21. The molecule has 0 radical (unpaired) electrons. The monoisotopic (exact) mass is 457 g/mol. The Kier molecular flexibility index (Phi) is 7.39. The van der Waals surface area contributed by atoms with Crippen LogP contribution in [0.3, 0.4) is 0 Å². The third-order valence-electron chi connectivity index (χ3n) is 4.69. The summed E-state index contributed by atoms with van der Waals surface area (Å²) >= 11 is 0. The summed E-state index contributed by atoms with van der Waals surface area (Å²) in [5, 5.41) is 11.0. The molecule has 1 heterocycles. The zero-order chi connectivity index (χ0) is 24.0. The van der Waals surface area contributed by atoms with Gasteiger partial charge in [-0.15, -0.1) is 0 Å². The number of amides is 1. The van der Waals surface area contributed by atoms with E-state index in [-0.39, 0.29) is 36.9 Å². The summed E-state index contributed by atoms with van der Waals surface area (Å²) in [6.45, 7) is -0.301. The summed E-state index contributed by atoms with van der Waals surface area (Å²) in [4.78, 5) is 35.0. The Morgan fingerprint density at radius 3 is 2.39 bits per heavy atom. The predicted molar refractivity (Wildman–Crippen MR) is 116 cm³/mol. The first kappa shape index (κ1) is 23.5. The van der Waals surface area contributed by atoms with E-state index < -0.39 is 11.9 Å². The molecule has 0 saturated heterocycles. The number of ether oxygens (including phenoxy) is 5. The molecule has 0 spiro atoms. The average molecular weight is 457 g/mol. The number of ketones is 1. The molecule has 0 atom stereocenters. The van der Waals surface area contributed by atoms with Crippen molar-refractivity contribution in [3.63, 3.8) is 0 Å². The number of carbonyl (C=O) groups is 3. The van der Waals surface area contributed by atoms with Crippen molar-refractivity contribution in [3.8, 4) is 28.7 Å². The highest BCUT2D eigenvalue weighted by molar-refractivity contribution is 6.14. The van der Waals surface area contributed by atoms with Gasteiger partial charge in [-0.05, 0) is 24.3 Å². The van der Waals surface area contributed by atoms with Crippen molar-refractivity contribution in [2.24, 2.45) is 0 Å². The molecule has 2 aromatic rings. The van der Waals surface area contributed by atoms with Gasteiger partial charge in [-0.25, -0.2) is 0 Å². The van der Waals surface area contributed by atoms with Gasteiger partial charge >= 0.3 is 5.97 Å². The minimum absolute atomic E-state index is 0.00703. The summed E-state index contributed by atoms with van der Waals surface area (Å²) < 4.78 is 27.1. The maximum absolute atomic E-state index is 12.8. The Morgan fingerprint density at radius 1 is 1.03 bits per heavy atom. The molecule has 0 saturated carbocycles. The van der Waals surface area contributed by atoms with Gasteiger partial charge in [-0.2, -0.15) is 0 Å². The first-order valence-electron chi connectivity index (χ1n) is 9.85. The lowest BCUT2D eigenvalue weighted by Gasteiger charge is -2.12. The van der Waals surface area contributed by atoms with Crippen molar-refractivity contribution in [3.05, 3.63) is 47.2 Å². The van der Waals surface area contributed by atoms with Crippen LogP contribution in [-0.2, 0) is 9.59 Å². The van der Waals surface area contributed by atoms with Gasteiger partial charge in [-0.3, -0.25) is 14.4 Å². The van der Waals surface area contributed by atoms with Crippen LogP contribution in [0.25, 0.3) is 6.08 Å². The second-order valence-corrected chi connectivity index (χ2v) is 6.83. The van der Waals surface area contributed by atoms with Gasteiger partial charge in [0.2, 0.25) is 5.78 Å². The Labute approximate surface area is 189 Å². The first-order valence-corrected chi connectivity index (χ1v) is 9.85. The summed E-state index contributed by atoms with van der Waals surface area (Å²) in [5.41, 5.74) is 0.903. The van der Waals surface area contributed by atoms with Gasteiger partial charge in [0.1, 0.15) is 17.2 Å². The Bertz CT molecular complexity index is 1110. The third kappa shape index (κ3) is 5.53. The molecule has 0 aliphatic carbocycles. The van der Waals surface area contributed by atoms with Crippen molar-refractivity contribution in [2.75, 3.05) is 34.5 Å². The van der Waals surface area contributed by atoms with Crippen molar-refractivity contribution in [2.45, 2.75) is 6.42 Å². The van der Waals surface area contributed by atoms with E-state index in [1.54, 1.807) is 30.3 Å². The van der Waals surface area contributed by atoms with Crippen LogP contribution in [-0.4, -0.2) is 57.2 Å². The smallest absolute Gasteiger partial charge is 0.305 e. The number of nitrogens with one attached hydrogen (secondary N) is 1. The summed E-state index contributed by atoms with van der Waals surface area (Å²) in [6, 6.07) is 7.91. The largest absolute Gasteiger partial charge is 0.496 e. The van der Waals surface area contributed by atoms with Crippen LogP contribution < -0.4 is 29.0 Å². The van der Waals surface area contributed by atoms with E-state index >= 15 is 0 Å². The maximum Gasteiger partial charge on any atom is 0.305 e. The highest BCUT2D eigenvalue weighted by atomic mass is 16.5. The summed E-state index contributed by atoms with van der Waals surface area (Å²) in [6.07, 6.45) is 1.36.